The van der Waals surface area contributed by atoms with Crippen molar-refractivity contribution in [1.82, 2.24) is 20.1 Å². The minimum Gasteiger partial charge on any atom is -0.335 e. The molecular formula is C17H16N6O2. The molecule has 1 spiro atoms. The quantitative estimate of drug-likeness (QED) is 0.878. The Morgan fingerprint density at radius 3 is 2.76 bits per heavy atom. The lowest BCUT2D eigenvalue weighted by molar-refractivity contribution is -0.117. The highest BCUT2D eigenvalue weighted by atomic mass is 16.2. The van der Waals surface area contributed by atoms with Gasteiger partial charge in [0.25, 0.3) is 5.91 Å². The van der Waals surface area contributed by atoms with Gasteiger partial charge in [-0.15, -0.1) is 0 Å². The smallest absolute Gasteiger partial charge is 0.291 e. The lowest BCUT2D eigenvalue weighted by Gasteiger charge is -2.24. The topological polar surface area (TPSA) is 106 Å². The van der Waals surface area contributed by atoms with Crippen LogP contribution in [0.15, 0.2) is 30.6 Å². The normalized spacial score (nSPS) is 22.6. The van der Waals surface area contributed by atoms with Crippen molar-refractivity contribution in [2.45, 2.75) is 12.8 Å². The number of anilines is 1. The van der Waals surface area contributed by atoms with Crippen molar-refractivity contribution >= 4 is 17.5 Å². The van der Waals surface area contributed by atoms with E-state index < -0.39 is 0 Å². The van der Waals surface area contributed by atoms with Crippen LogP contribution in [0.3, 0.4) is 0 Å². The Morgan fingerprint density at radius 2 is 2.08 bits per heavy atom. The number of benzene rings is 1. The van der Waals surface area contributed by atoms with Crippen LogP contribution >= 0.6 is 0 Å². The second kappa shape index (κ2) is 5.70. The predicted molar refractivity (Wildman–Crippen MR) is 87.5 cm³/mol. The van der Waals surface area contributed by atoms with E-state index in [4.69, 9.17) is 5.26 Å². The Morgan fingerprint density at radius 1 is 1.28 bits per heavy atom. The van der Waals surface area contributed by atoms with Crippen LogP contribution in [-0.2, 0) is 4.79 Å². The molecule has 3 heterocycles. The van der Waals surface area contributed by atoms with Crippen molar-refractivity contribution in [1.29, 1.82) is 5.26 Å². The molecule has 0 bridgehead atoms. The van der Waals surface area contributed by atoms with Crippen LogP contribution in [0.25, 0.3) is 0 Å². The molecule has 0 aliphatic carbocycles. The van der Waals surface area contributed by atoms with Gasteiger partial charge in [-0.25, -0.2) is 4.98 Å². The lowest BCUT2D eigenvalue weighted by atomic mass is 9.86. The third kappa shape index (κ3) is 2.63. The fraction of sp³-hybridized carbons (Fsp3) is 0.353. The molecule has 4 rings (SSSR count). The molecule has 0 saturated carbocycles. The average Bonchev–Trinajstić information content (AvgIpc) is 3.36. The number of nitrogens with one attached hydrogen (secondary N) is 1. The maximum absolute atomic E-state index is 12.5. The summed E-state index contributed by atoms with van der Waals surface area (Å²) < 4.78 is 0. The summed E-state index contributed by atoms with van der Waals surface area (Å²) in [4.78, 5) is 32.3. The third-order valence-electron chi connectivity index (χ3n) is 4.97. The predicted octanol–water partition coefficient (Wildman–Crippen LogP) is 0.946. The number of amides is 2. The Kier molecular flexibility index (Phi) is 3.50. The van der Waals surface area contributed by atoms with Crippen LogP contribution < -0.4 is 4.90 Å². The van der Waals surface area contributed by atoms with Crippen LogP contribution in [0.1, 0.15) is 29.0 Å². The van der Waals surface area contributed by atoms with E-state index in [9.17, 15) is 9.59 Å². The number of hydrogen-bond acceptors (Lipinski definition) is 5. The van der Waals surface area contributed by atoms with E-state index in [1.54, 1.807) is 34.1 Å². The standard InChI is InChI=1S/C17H16N6O2/c18-8-12-1-3-13(4-2-12)23-10-17(7-14(23)24)5-6-22(9-17)16(25)15-19-11-20-21-15/h1-4,11H,5-7,9-10H2,(H,19,20,21). The van der Waals surface area contributed by atoms with Crippen molar-refractivity contribution in [3.05, 3.63) is 42.0 Å². The highest BCUT2D eigenvalue weighted by molar-refractivity contribution is 5.97. The summed E-state index contributed by atoms with van der Waals surface area (Å²) in [5.74, 6) is 0.0997. The molecule has 2 aliphatic rings. The number of likely N-dealkylation sites (tertiary alicyclic amines) is 1. The molecule has 2 amide bonds. The summed E-state index contributed by atoms with van der Waals surface area (Å²) in [6.45, 7) is 1.72. The second-order valence-corrected chi connectivity index (χ2v) is 6.63. The van der Waals surface area contributed by atoms with Crippen molar-refractivity contribution < 1.29 is 9.59 Å². The van der Waals surface area contributed by atoms with Gasteiger partial charge < -0.3 is 9.80 Å². The number of aromatic amines is 1. The molecule has 1 unspecified atom stereocenters. The van der Waals surface area contributed by atoms with Crippen molar-refractivity contribution in [3.8, 4) is 6.07 Å². The van der Waals surface area contributed by atoms with Gasteiger partial charge in [0.05, 0.1) is 11.6 Å². The van der Waals surface area contributed by atoms with Gasteiger partial charge in [-0.1, -0.05) is 0 Å². The lowest BCUT2D eigenvalue weighted by Crippen LogP contribution is -2.34. The number of carbonyl (C=O) groups is 2. The van der Waals surface area contributed by atoms with E-state index in [0.29, 0.717) is 31.6 Å². The van der Waals surface area contributed by atoms with E-state index in [1.807, 2.05) is 0 Å². The summed E-state index contributed by atoms with van der Waals surface area (Å²) in [5, 5.41) is 15.2. The number of carbonyl (C=O) groups excluding carboxylic acids is 2. The first-order valence-electron chi connectivity index (χ1n) is 8.05. The molecule has 1 aromatic carbocycles. The van der Waals surface area contributed by atoms with Gasteiger partial charge in [-0.05, 0) is 30.7 Å². The zero-order valence-electron chi connectivity index (χ0n) is 13.5. The molecule has 8 nitrogen and oxygen atoms in total. The summed E-state index contributed by atoms with van der Waals surface area (Å²) in [5.41, 5.74) is 1.14. The van der Waals surface area contributed by atoms with Crippen molar-refractivity contribution in [2.24, 2.45) is 5.41 Å². The van der Waals surface area contributed by atoms with Gasteiger partial charge in [0, 0.05) is 37.2 Å². The maximum atomic E-state index is 12.5. The Bertz CT molecular complexity index is 854. The van der Waals surface area contributed by atoms with Gasteiger partial charge in [0.15, 0.2) is 0 Å². The molecule has 8 heteroatoms. The van der Waals surface area contributed by atoms with E-state index in [-0.39, 0.29) is 23.1 Å². The first kappa shape index (κ1) is 15.3. The van der Waals surface area contributed by atoms with Crippen LogP contribution in [0.4, 0.5) is 5.69 Å². The van der Waals surface area contributed by atoms with Gasteiger partial charge >= 0.3 is 0 Å². The molecule has 2 saturated heterocycles. The molecule has 1 aromatic heterocycles. The van der Waals surface area contributed by atoms with E-state index >= 15 is 0 Å². The molecule has 126 valence electrons. The second-order valence-electron chi connectivity index (χ2n) is 6.63. The molecule has 1 N–H and O–H groups in total. The van der Waals surface area contributed by atoms with Crippen molar-refractivity contribution in [3.63, 3.8) is 0 Å². The summed E-state index contributed by atoms with van der Waals surface area (Å²) in [7, 11) is 0. The number of aromatic nitrogens is 3. The van der Waals surface area contributed by atoms with Gasteiger partial charge in [-0.3, -0.25) is 14.7 Å². The average molecular weight is 336 g/mol. The van der Waals surface area contributed by atoms with Crippen LogP contribution in [-0.4, -0.2) is 51.5 Å². The Labute approximate surface area is 144 Å². The molecule has 0 radical (unpaired) electrons. The summed E-state index contributed by atoms with van der Waals surface area (Å²) >= 11 is 0. The number of nitrogens with zero attached hydrogens (tertiary/aromatic N) is 5. The number of hydrogen-bond donors (Lipinski definition) is 1. The fourth-order valence-electron chi connectivity index (χ4n) is 3.69. The highest BCUT2D eigenvalue weighted by Gasteiger charge is 2.49. The van der Waals surface area contributed by atoms with Gasteiger partial charge in [-0.2, -0.15) is 10.4 Å². The number of H-pyrrole nitrogens is 1. The van der Waals surface area contributed by atoms with E-state index in [2.05, 4.69) is 21.3 Å². The third-order valence-corrected chi connectivity index (χ3v) is 4.97. The van der Waals surface area contributed by atoms with E-state index in [0.717, 1.165) is 12.1 Å². The minimum atomic E-state index is -0.222. The van der Waals surface area contributed by atoms with Crippen LogP contribution in [0, 0.1) is 16.7 Å². The minimum absolute atomic E-state index is 0.0543. The van der Waals surface area contributed by atoms with Crippen molar-refractivity contribution in [2.75, 3.05) is 24.5 Å². The SMILES string of the molecule is N#Cc1ccc(N2CC3(CCN(C(=O)c4ncn[nH]4)C3)CC2=O)cc1. The first-order chi connectivity index (χ1) is 12.1. The number of rotatable bonds is 2. The maximum Gasteiger partial charge on any atom is 0.291 e. The summed E-state index contributed by atoms with van der Waals surface area (Å²) in [6.07, 6.45) is 2.52. The van der Waals surface area contributed by atoms with Gasteiger partial charge in [0.2, 0.25) is 11.7 Å². The monoisotopic (exact) mass is 336 g/mol. The zero-order chi connectivity index (χ0) is 17.4. The van der Waals surface area contributed by atoms with Gasteiger partial charge in [0.1, 0.15) is 6.33 Å². The molecule has 25 heavy (non-hydrogen) atoms. The largest absolute Gasteiger partial charge is 0.335 e. The Hall–Kier alpha value is -3.21. The fourth-order valence-corrected chi connectivity index (χ4v) is 3.69. The zero-order valence-corrected chi connectivity index (χ0v) is 13.5. The molecule has 1 atom stereocenters. The Balaban J connectivity index is 1.50. The molecule has 2 fully saturated rings. The highest BCUT2D eigenvalue weighted by Crippen LogP contribution is 2.42. The molecule has 2 aliphatic heterocycles. The molecular weight excluding hydrogens is 320 g/mol. The molecule has 2 aromatic rings. The van der Waals surface area contributed by atoms with Crippen LogP contribution in [0.5, 0.6) is 0 Å². The summed E-state index contributed by atoms with van der Waals surface area (Å²) in [6, 6.07) is 9.08. The number of nitriles is 1. The van der Waals surface area contributed by atoms with E-state index in [1.165, 1.54) is 6.33 Å². The first-order valence-corrected chi connectivity index (χ1v) is 8.05. The van der Waals surface area contributed by atoms with Crippen LogP contribution in [0.2, 0.25) is 0 Å².